The highest BCUT2D eigenvalue weighted by Gasteiger charge is 2.05. The van der Waals surface area contributed by atoms with Crippen molar-refractivity contribution in [2.75, 3.05) is 20.6 Å². The lowest BCUT2D eigenvalue weighted by atomic mass is 10.4. The van der Waals surface area contributed by atoms with Gasteiger partial charge in [0.05, 0.1) is 6.17 Å². The molecule has 0 heterocycles. The van der Waals surface area contributed by atoms with Gasteiger partial charge in [-0.15, -0.1) is 0 Å². The van der Waals surface area contributed by atoms with Crippen LogP contribution < -0.4 is 11.1 Å². The predicted molar refractivity (Wildman–Crippen MR) is 45.0 cm³/mol. The van der Waals surface area contributed by atoms with E-state index >= 15 is 0 Å². The van der Waals surface area contributed by atoms with Crippen molar-refractivity contribution in [3.8, 4) is 0 Å². The van der Waals surface area contributed by atoms with Gasteiger partial charge in [-0.2, -0.15) is 0 Å². The molecule has 0 aliphatic rings. The van der Waals surface area contributed by atoms with E-state index in [9.17, 15) is 4.79 Å². The van der Waals surface area contributed by atoms with Gasteiger partial charge in [-0.1, -0.05) is 6.92 Å². The Morgan fingerprint density at radius 3 is 2.55 bits per heavy atom. The van der Waals surface area contributed by atoms with Crippen LogP contribution in [-0.4, -0.2) is 37.6 Å². The van der Waals surface area contributed by atoms with Crippen LogP contribution >= 0.6 is 0 Å². The third kappa shape index (κ3) is 5.82. The molecule has 0 aromatic heterocycles. The van der Waals surface area contributed by atoms with Crippen molar-refractivity contribution in [1.82, 2.24) is 10.2 Å². The monoisotopic (exact) mass is 159 g/mol. The molecule has 3 N–H and O–H groups in total. The fourth-order valence-corrected chi connectivity index (χ4v) is 0.748. The van der Waals surface area contributed by atoms with E-state index in [1.54, 1.807) is 6.92 Å². The number of hydrogen-bond acceptors (Lipinski definition) is 3. The molecule has 0 aromatic carbocycles. The Labute approximate surface area is 67.7 Å². The number of nitrogens with two attached hydrogens (primary N) is 1. The van der Waals surface area contributed by atoms with Crippen molar-refractivity contribution in [1.29, 1.82) is 0 Å². The minimum Gasteiger partial charge on any atom is -0.340 e. The SMILES string of the molecule is CCC(=O)NC(N)CN(C)C. The maximum Gasteiger partial charge on any atom is 0.220 e. The zero-order valence-corrected chi connectivity index (χ0v) is 7.42. The van der Waals surface area contributed by atoms with Gasteiger partial charge >= 0.3 is 0 Å². The van der Waals surface area contributed by atoms with Crippen molar-refractivity contribution in [2.45, 2.75) is 19.5 Å². The third-order valence-corrected chi connectivity index (χ3v) is 1.23. The second-order valence-corrected chi connectivity index (χ2v) is 2.79. The van der Waals surface area contributed by atoms with Crippen LogP contribution in [0.3, 0.4) is 0 Å². The first-order valence-electron chi connectivity index (χ1n) is 3.76. The van der Waals surface area contributed by atoms with E-state index in [1.165, 1.54) is 0 Å². The third-order valence-electron chi connectivity index (χ3n) is 1.23. The molecule has 1 amide bonds. The number of carbonyl (C=O) groups is 1. The summed E-state index contributed by atoms with van der Waals surface area (Å²) in [5, 5.41) is 2.66. The van der Waals surface area contributed by atoms with Gasteiger partial charge in [-0.05, 0) is 14.1 Å². The smallest absolute Gasteiger partial charge is 0.220 e. The van der Waals surface area contributed by atoms with Crippen molar-refractivity contribution in [3.63, 3.8) is 0 Å². The molecular formula is C7H17N3O. The molecule has 0 saturated heterocycles. The van der Waals surface area contributed by atoms with Gasteiger partial charge in [0.25, 0.3) is 0 Å². The number of likely N-dealkylation sites (N-methyl/N-ethyl adjacent to an activating group) is 1. The van der Waals surface area contributed by atoms with Gasteiger partial charge in [0, 0.05) is 13.0 Å². The van der Waals surface area contributed by atoms with Gasteiger partial charge in [0.15, 0.2) is 0 Å². The predicted octanol–water partition coefficient (Wildman–Crippen LogP) is -0.641. The fraction of sp³-hybridized carbons (Fsp3) is 0.857. The van der Waals surface area contributed by atoms with Crippen LogP contribution in [0.1, 0.15) is 13.3 Å². The van der Waals surface area contributed by atoms with E-state index in [2.05, 4.69) is 5.32 Å². The van der Waals surface area contributed by atoms with Crippen molar-refractivity contribution >= 4 is 5.91 Å². The molecule has 4 heteroatoms. The summed E-state index contributed by atoms with van der Waals surface area (Å²) in [5.74, 6) is -0.000602. The average molecular weight is 159 g/mol. The number of carbonyl (C=O) groups excluding carboxylic acids is 1. The van der Waals surface area contributed by atoms with Crippen LogP contribution in [0.15, 0.2) is 0 Å². The summed E-state index contributed by atoms with van der Waals surface area (Å²) in [6, 6.07) is 0. The molecule has 0 aliphatic carbocycles. The zero-order chi connectivity index (χ0) is 8.85. The Morgan fingerprint density at radius 1 is 1.64 bits per heavy atom. The first-order chi connectivity index (χ1) is 5.06. The van der Waals surface area contributed by atoms with Gasteiger partial charge in [0.2, 0.25) is 5.91 Å². The molecule has 1 unspecified atom stereocenters. The Balaban J connectivity index is 3.51. The first kappa shape index (κ1) is 10.4. The highest BCUT2D eigenvalue weighted by atomic mass is 16.1. The normalized spacial score (nSPS) is 13.2. The zero-order valence-electron chi connectivity index (χ0n) is 7.42. The highest BCUT2D eigenvalue weighted by Crippen LogP contribution is 1.80. The number of nitrogens with one attached hydrogen (secondary N) is 1. The van der Waals surface area contributed by atoms with E-state index in [0.29, 0.717) is 13.0 Å². The van der Waals surface area contributed by atoms with E-state index in [4.69, 9.17) is 5.73 Å². The summed E-state index contributed by atoms with van der Waals surface area (Å²) in [6.45, 7) is 2.48. The van der Waals surface area contributed by atoms with Crippen LogP contribution in [0.4, 0.5) is 0 Å². The molecule has 1 atom stereocenters. The molecule has 0 bridgehead atoms. The summed E-state index contributed by atoms with van der Waals surface area (Å²) in [7, 11) is 3.83. The molecule has 0 aromatic rings. The van der Waals surface area contributed by atoms with E-state index < -0.39 is 0 Å². The van der Waals surface area contributed by atoms with E-state index in [1.807, 2.05) is 19.0 Å². The maximum absolute atomic E-state index is 10.8. The largest absolute Gasteiger partial charge is 0.340 e. The molecule has 0 spiro atoms. The van der Waals surface area contributed by atoms with Gasteiger partial charge in [-0.3, -0.25) is 4.79 Å². The quantitative estimate of drug-likeness (QED) is 0.536. The van der Waals surface area contributed by atoms with E-state index in [-0.39, 0.29) is 12.1 Å². The van der Waals surface area contributed by atoms with Crippen molar-refractivity contribution in [3.05, 3.63) is 0 Å². The standard InChI is InChI=1S/C7H17N3O/c1-4-7(11)9-6(8)5-10(2)3/h6H,4-5,8H2,1-3H3,(H,9,11). The molecule has 0 fully saturated rings. The van der Waals surface area contributed by atoms with Crippen LogP contribution in [0, 0.1) is 0 Å². The van der Waals surface area contributed by atoms with Crippen LogP contribution in [0.5, 0.6) is 0 Å². The maximum atomic E-state index is 10.8. The lowest BCUT2D eigenvalue weighted by molar-refractivity contribution is -0.121. The summed E-state index contributed by atoms with van der Waals surface area (Å²) < 4.78 is 0. The Morgan fingerprint density at radius 2 is 2.18 bits per heavy atom. The topological polar surface area (TPSA) is 58.4 Å². The molecule has 0 radical (unpaired) electrons. The second kappa shape index (κ2) is 5.09. The number of hydrogen-bond donors (Lipinski definition) is 2. The Bertz CT molecular complexity index is 125. The molecule has 0 aliphatic heterocycles. The van der Waals surface area contributed by atoms with Crippen LogP contribution in [0.2, 0.25) is 0 Å². The fourth-order valence-electron chi connectivity index (χ4n) is 0.748. The van der Waals surface area contributed by atoms with Gasteiger partial charge in [-0.25, -0.2) is 0 Å². The first-order valence-corrected chi connectivity index (χ1v) is 3.76. The molecule has 66 valence electrons. The summed E-state index contributed by atoms with van der Waals surface area (Å²) in [5.41, 5.74) is 5.58. The summed E-state index contributed by atoms with van der Waals surface area (Å²) >= 11 is 0. The number of rotatable bonds is 4. The van der Waals surface area contributed by atoms with Gasteiger partial charge < -0.3 is 16.0 Å². The molecular weight excluding hydrogens is 142 g/mol. The van der Waals surface area contributed by atoms with Gasteiger partial charge in [0.1, 0.15) is 0 Å². The van der Waals surface area contributed by atoms with Crippen molar-refractivity contribution in [2.24, 2.45) is 5.73 Å². The van der Waals surface area contributed by atoms with Crippen LogP contribution in [-0.2, 0) is 4.79 Å². The number of amides is 1. The average Bonchev–Trinajstić information content (AvgIpc) is 1.85. The highest BCUT2D eigenvalue weighted by molar-refractivity contribution is 5.75. The molecule has 0 saturated carbocycles. The van der Waals surface area contributed by atoms with Crippen LogP contribution in [0.25, 0.3) is 0 Å². The minimum absolute atomic E-state index is 0.000602. The summed E-state index contributed by atoms with van der Waals surface area (Å²) in [4.78, 5) is 12.7. The molecule has 0 rings (SSSR count). The lowest BCUT2D eigenvalue weighted by Gasteiger charge is -2.17. The number of nitrogens with zero attached hydrogens (tertiary/aromatic N) is 1. The van der Waals surface area contributed by atoms with E-state index in [0.717, 1.165) is 0 Å². The minimum atomic E-state index is -0.252. The Kier molecular flexibility index (Phi) is 4.81. The summed E-state index contributed by atoms with van der Waals surface area (Å²) in [6.07, 6.45) is 0.235. The second-order valence-electron chi connectivity index (χ2n) is 2.79. The lowest BCUT2D eigenvalue weighted by Crippen LogP contribution is -2.47. The van der Waals surface area contributed by atoms with Crippen molar-refractivity contribution < 1.29 is 4.79 Å². The molecule has 4 nitrogen and oxygen atoms in total. The Hall–Kier alpha value is -0.610. The molecule has 11 heavy (non-hydrogen) atoms.